The second-order valence-corrected chi connectivity index (χ2v) is 11.5. The van der Waals surface area contributed by atoms with Crippen molar-refractivity contribution in [3.63, 3.8) is 0 Å². The fourth-order valence-electron chi connectivity index (χ4n) is 8.34. The number of aliphatic hydroxyl groups is 1. The van der Waals surface area contributed by atoms with Gasteiger partial charge < -0.3 is 10.0 Å². The number of benzene rings is 1. The number of halogens is 3. The number of carbonyl (C=O) groups excluding carboxylic acids is 1. The van der Waals surface area contributed by atoms with Crippen molar-refractivity contribution >= 4 is 5.91 Å². The molecule has 1 aromatic rings. The van der Waals surface area contributed by atoms with Gasteiger partial charge in [0.25, 0.3) is 0 Å². The molecule has 0 radical (unpaired) electrons. The Morgan fingerprint density at radius 1 is 1.12 bits per heavy atom. The number of rotatable bonds is 2. The maximum Gasteiger partial charge on any atom is 0.416 e. The third kappa shape index (κ3) is 3.38. The monoisotopic (exact) mass is 461 g/mol. The number of fused-ring (bicyclic) bond motifs is 5. The zero-order valence-corrected chi connectivity index (χ0v) is 19.6. The third-order valence-corrected chi connectivity index (χ3v) is 10.0. The van der Waals surface area contributed by atoms with Crippen LogP contribution < -0.4 is 0 Å². The minimum atomic E-state index is -4.38. The van der Waals surface area contributed by atoms with Gasteiger partial charge >= 0.3 is 6.18 Å². The number of hydrogen-bond donors (Lipinski definition) is 1. The molecule has 3 nitrogen and oxygen atoms in total. The van der Waals surface area contributed by atoms with Gasteiger partial charge in [0.05, 0.1) is 11.7 Å². The van der Waals surface area contributed by atoms with E-state index in [4.69, 9.17) is 0 Å². The first kappa shape index (κ1) is 22.9. The van der Waals surface area contributed by atoms with E-state index < -0.39 is 17.8 Å². The Hall–Kier alpha value is -1.82. The van der Waals surface area contributed by atoms with Gasteiger partial charge in [0.15, 0.2) is 0 Å². The van der Waals surface area contributed by atoms with Gasteiger partial charge in [-0.2, -0.15) is 13.2 Å². The lowest BCUT2D eigenvalue weighted by molar-refractivity contribution is -0.140. The largest absolute Gasteiger partial charge is 0.416 e. The van der Waals surface area contributed by atoms with Crippen molar-refractivity contribution < 1.29 is 23.1 Å². The zero-order chi connectivity index (χ0) is 23.8. The van der Waals surface area contributed by atoms with Crippen LogP contribution in [0.3, 0.4) is 0 Å². The minimum Gasteiger partial charge on any atom is -0.392 e. The summed E-state index contributed by atoms with van der Waals surface area (Å²) in [7, 11) is 1.90. The summed E-state index contributed by atoms with van der Waals surface area (Å²) in [4.78, 5) is 14.2. The van der Waals surface area contributed by atoms with Gasteiger partial charge in [-0.15, -0.1) is 0 Å². The second kappa shape index (κ2) is 7.59. The van der Waals surface area contributed by atoms with E-state index in [1.165, 1.54) is 6.07 Å². The normalized spacial score (nSPS) is 42.6. The van der Waals surface area contributed by atoms with Crippen LogP contribution in [0.2, 0.25) is 0 Å². The fourth-order valence-corrected chi connectivity index (χ4v) is 8.34. The van der Waals surface area contributed by atoms with E-state index in [0.29, 0.717) is 23.3 Å². The van der Waals surface area contributed by atoms with Gasteiger partial charge in [-0.05, 0) is 85.3 Å². The van der Waals surface area contributed by atoms with Crippen molar-refractivity contribution in [1.29, 1.82) is 0 Å². The van der Waals surface area contributed by atoms with E-state index in [2.05, 4.69) is 19.9 Å². The van der Waals surface area contributed by atoms with Crippen LogP contribution in [0.15, 0.2) is 36.4 Å². The van der Waals surface area contributed by atoms with Crippen LogP contribution in [0.4, 0.5) is 13.2 Å². The van der Waals surface area contributed by atoms with Gasteiger partial charge in [-0.3, -0.25) is 4.79 Å². The third-order valence-electron chi connectivity index (χ3n) is 10.0. The van der Waals surface area contributed by atoms with E-state index >= 15 is 0 Å². The molecule has 0 bridgehead atoms. The van der Waals surface area contributed by atoms with Crippen molar-refractivity contribution in [3.05, 3.63) is 47.5 Å². The van der Waals surface area contributed by atoms with Crippen molar-refractivity contribution in [2.45, 2.75) is 70.7 Å². The van der Waals surface area contributed by atoms with Crippen LogP contribution in [0.1, 0.15) is 57.1 Å². The molecular weight excluding hydrogens is 427 g/mol. The number of alkyl halides is 3. The summed E-state index contributed by atoms with van der Waals surface area (Å²) in [6.07, 6.45) is 3.71. The highest BCUT2D eigenvalue weighted by Crippen LogP contribution is 2.65. The molecule has 5 rings (SSSR count). The van der Waals surface area contributed by atoms with Gasteiger partial charge in [0.1, 0.15) is 0 Å². The van der Waals surface area contributed by atoms with Crippen LogP contribution in [-0.4, -0.2) is 35.1 Å². The molecule has 1 amide bonds. The van der Waals surface area contributed by atoms with Crippen LogP contribution >= 0.6 is 0 Å². The Balaban J connectivity index is 1.42. The predicted octanol–water partition coefficient (Wildman–Crippen LogP) is 5.47. The average Bonchev–Trinajstić information content (AvgIpc) is 3.01. The lowest BCUT2D eigenvalue weighted by Crippen LogP contribution is -2.59. The van der Waals surface area contributed by atoms with Gasteiger partial charge in [-0.1, -0.05) is 38.1 Å². The summed E-state index contributed by atoms with van der Waals surface area (Å²) in [6.45, 7) is 4.44. The molecule has 180 valence electrons. The SMILES string of the molecule is CN1C(=O)C=C[C@]2(C)[C@H]3CC[C@]4(C)[C@@H](O)[C@H](Cc5ccccc5C(F)(F)F)C[C@H]4[C@@H]3CC[C@@H]12. The molecule has 3 fully saturated rings. The number of aliphatic hydroxyl groups excluding tert-OH is 1. The van der Waals surface area contributed by atoms with Gasteiger partial charge in [0.2, 0.25) is 5.91 Å². The van der Waals surface area contributed by atoms with Gasteiger partial charge in [-0.25, -0.2) is 0 Å². The molecular formula is C27H34F3NO2. The summed E-state index contributed by atoms with van der Waals surface area (Å²) >= 11 is 0. The fraction of sp³-hybridized carbons (Fsp3) is 0.667. The van der Waals surface area contributed by atoms with E-state index in [0.717, 1.165) is 38.2 Å². The Bertz CT molecular complexity index is 974. The van der Waals surface area contributed by atoms with Crippen molar-refractivity contribution in [2.75, 3.05) is 7.05 Å². The van der Waals surface area contributed by atoms with Crippen molar-refractivity contribution in [3.8, 4) is 0 Å². The van der Waals surface area contributed by atoms with E-state index in [9.17, 15) is 23.1 Å². The van der Waals surface area contributed by atoms with Gasteiger partial charge in [0, 0.05) is 18.5 Å². The first-order chi connectivity index (χ1) is 15.5. The van der Waals surface area contributed by atoms with E-state index in [1.54, 1.807) is 18.2 Å². The predicted molar refractivity (Wildman–Crippen MR) is 120 cm³/mol. The quantitative estimate of drug-likeness (QED) is 0.634. The average molecular weight is 462 g/mol. The summed E-state index contributed by atoms with van der Waals surface area (Å²) in [5.74, 6) is 1.04. The molecule has 33 heavy (non-hydrogen) atoms. The Labute approximate surface area is 194 Å². The molecule has 3 saturated carbocycles. The highest BCUT2D eigenvalue weighted by molar-refractivity contribution is 5.89. The van der Waals surface area contributed by atoms with Crippen molar-refractivity contribution in [1.82, 2.24) is 4.90 Å². The van der Waals surface area contributed by atoms with E-state index in [1.807, 2.05) is 11.9 Å². The molecule has 0 unspecified atom stereocenters. The Kier molecular flexibility index (Phi) is 5.28. The van der Waals surface area contributed by atoms with Crippen LogP contribution in [0, 0.1) is 34.5 Å². The molecule has 4 aliphatic rings. The second-order valence-electron chi connectivity index (χ2n) is 11.5. The molecule has 1 aromatic carbocycles. The minimum absolute atomic E-state index is 0.0660. The first-order valence-corrected chi connectivity index (χ1v) is 12.3. The zero-order valence-electron chi connectivity index (χ0n) is 19.6. The smallest absolute Gasteiger partial charge is 0.392 e. The lowest BCUT2D eigenvalue weighted by atomic mass is 9.48. The molecule has 6 heteroatoms. The summed E-state index contributed by atoms with van der Waals surface area (Å²) in [5, 5.41) is 11.4. The number of nitrogens with zero attached hydrogens (tertiary/aromatic N) is 1. The molecule has 1 aliphatic heterocycles. The maximum absolute atomic E-state index is 13.6. The standard InChI is InChI=1S/C27H34F3NO2/c1-25-13-11-23(32)31(3)22(25)9-8-18-20(25)10-12-26(2)21(18)15-17(24(26)33)14-16-6-4-5-7-19(16)27(28,29)30/h4-7,11,13,17-18,20-22,24,33H,8-10,12,14-15H2,1-3H3/t17-,18-,20+,21+,22-,24+,25-,26+/m1/s1. The molecule has 0 aromatic heterocycles. The first-order valence-electron chi connectivity index (χ1n) is 12.3. The summed E-state index contributed by atoms with van der Waals surface area (Å²) < 4.78 is 40.7. The lowest BCUT2D eigenvalue weighted by Gasteiger charge is -2.60. The van der Waals surface area contributed by atoms with Crippen LogP contribution in [0.5, 0.6) is 0 Å². The number of carbonyl (C=O) groups is 1. The molecule has 0 spiro atoms. The van der Waals surface area contributed by atoms with Crippen LogP contribution in [-0.2, 0) is 17.4 Å². The number of amides is 1. The molecule has 3 aliphatic carbocycles. The maximum atomic E-state index is 13.6. The number of likely N-dealkylation sites (N-methyl/N-ethyl adjacent to an activating group) is 1. The van der Waals surface area contributed by atoms with Crippen molar-refractivity contribution in [2.24, 2.45) is 34.5 Å². The highest BCUT2D eigenvalue weighted by atomic mass is 19.4. The summed E-state index contributed by atoms with van der Waals surface area (Å²) in [6, 6.07) is 6.00. The molecule has 1 heterocycles. The Morgan fingerprint density at radius 2 is 1.85 bits per heavy atom. The van der Waals surface area contributed by atoms with Crippen LogP contribution in [0.25, 0.3) is 0 Å². The molecule has 1 N–H and O–H groups in total. The molecule has 0 saturated heterocycles. The Morgan fingerprint density at radius 3 is 2.58 bits per heavy atom. The molecule has 8 atom stereocenters. The highest BCUT2D eigenvalue weighted by Gasteiger charge is 2.62. The topological polar surface area (TPSA) is 40.5 Å². The number of hydrogen-bond acceptors (Lipinski definition) is 2. The summed E-state index contributed by atoms with van der Waals surface area (Å²) in [5.41, 5.74) is -0.636. The van der Waals surface area contributed by atoms with E-state index in [-0.39, 0.29) is 35.1 Å².